The number of piperidine rings is 1. The average molecular weight is 171 g/mol. The Labute approximate surface area is 78.7 Å². The Kier molecular flexibility index (Phi) is 4.67. The minimum Gasteiger partial charge on any atom is -0.748 e. The van der Waals surface area contributed by atoms with E-state index < -0.39 is 15.4 Å². The summed E-state index contributed by atoms with van der Waals surface area (Å²) in [6.45, 7) is 1.29. The molecule has 0 saturated carbocycles. The summed E-state index contributed by atoms with van der Waals surface area (Å²) in [4.78, 5) is 0. The maximum absolute atomic E-state index is 10.4. The largest absolute Gasteiger partial charge is 1.00 e. The van der Waals surface area contributed by atoms with Crippen LogP contribution in [0.25, 0.3) is 0 Å². The van der Waals surface area contributed by atoms with E-state index in [0.717, 1.165) is 0 Å². The van der Waals surface area contributed by atoms with E-state index in [4.69, 9.17) is 0 Å². The summed E-state index contributed by atoms with van der Waals surface area (Å²) in [7, 11) is -4.02. The van der Waals surface area contributed by atoms with Gasteiger partial charge in [0.25, 0.3) is 0 Å². The van der Waals surface area contributed by atoms with Gasteiger partial charge in [0.15, 0.2) is 0 Å². The molecule has 0 aliphatic carbocycles. The zero-order valence-corrected chi connectivity index (χ0v) is 7.36. The molecule has 0 aromatic carbocycles. The monoisotopic (exact) mass is 171 g/mol. The molecule has 11 heavy (non-hydrogen) atoms. The minimum atomic E-state index is -4.02. The van der Waals surface area contributed by atoms with Gasteiger partial charge in [-0.25, -0.2) is 8.42 Å². The van der Waals surface area contributed by atoms with Gasteiger partial charge >= 0.3 is 18.9 Å². The second kappa shape index (κ2) is 4.48. The molecule has 60 valence electrons. The molecule has 0 atom stereocenters. The molecule has 0 radical (unpaired) electrons. The molecule has 4 nitrogen and oxygen atoms in total. The molecule has 0 amide bonds. The van der Waals surface area contributed by atoms with Crippen LogP contribution in [0.1, 0.15) is 12.8 Å². The van der Waals surface area contributed by atoms with E-state index in [9.17, 15) is 13.0 Å². The van der Waals surface area contributed by atoms with E-state index in [2.05, 4.69) is 5.32 Å². The fourth-order valence-electron chi connectivity index (χ4n) is 1.08. The van der Waals surface area contributed by atoms with Crippen LogP contribution in [0.3, 0.4) is 0 Å². The SMILES string of the molecule is O=S(=O)([O-])C1CCNCC1.[Li+]. The molecule has 0 unspecified atom stereocenters. The van der Waals surface area contributed by atoms with Crippen molar-refractivity contribution in [3.8, 4) is 0 Å². The summed E-state index contributed by atoms with van der Waals surface area (Å²) < 4.78 is 31.2. The Balaban J connectivity index is 0.000001000. The maximum Gasteiger partial charge on any atom is 1.00 e. The topological polar surface area (TPSA) is 69.2 Å². The second-order valence-corrected chi connectivity index (χ2v) is 4.09. The number of rotatable bonds is 1. The van der Waals surface area contributed by atoms with E-state index in [-0.39, 0.29) is 18.9 Å². The zero-order valence-electron chi connectivity index (χ0n) is 6.54. The van der Waals surface area contributed by atoms with Gasteiger partial charge in [0, 0.05) is 0 Å². The van der Waals surface area contributed by atoms with Crippen LogP contribution in [0, 0.1) is 0 Å². The Morgan fingerprint density at radius 2 is 1.73 bits per heavy atom. The fraction of sp³-hybridized carbons (Fsp3) is 1.00. The standard InChI is InChI=1S/C5H11NO3S.Li/c7-10(8,9)5-1-3-6-4-2-5;/h5-6H,1-4H2,(H,7,8,9);/q;+1/p-1. The Morgan fingerprint density at radius 1 is 1.27 bits per heavy atom. The van der Waals surface area contributed by atoms with Crippen molar-refractivity contribution in [1.82, 2.24) is 5.32 Å². The summed E-state index contributed by atoms with van der Waals surface area (Å²) in [6.07, 6.45) is 0.928. The van der Waals surface area contributed by atoms with Gasteiger partial charge in [-0.1, -0.05) is 0 Å². The van der Waals surface area contributed by atoms with Crippen molar-refractivity contribution in [1.29, 1.82) is 0 Å². The van der Waals surface area contributed by atoms with Crippen molar-refractivity contribution in [2.75, 3.05) is 13.1 Å². The summed E-state index contributed by atoms with van der Waals surface area (Å²) in [5.41, 5.74) is 0. The van der Waals surface area contributed by atoms with Crippen LogP contribution in [-0.4, -0.2) is 31.3 Å². The molecule has 1 saturated heterocycles. The van der Waals surface area contributed by atoms with Crippen molar-refractivity contribution < 1.29 is 31.8 Å². The zero-order chi connectivity index (χ0) is 7.61. The first-order valence-electron chi connectivity index (χ1n) is 3.26. The van der Waals surface area contributed by atoms with Gasteiger partial charge in [0.05, 0.1) is 15.4 Å². The molecule has 0 aromatic rings. The quantitative estimate of drug-likeness (QED) is 0.325. The first-order chi connectivity index (χ1) is 4.61. The Hall–Kier alpha value is 0.467. The van der Waals surface area contributed by atoms with Gasteiger partial charge in [0.1, 0.15) is 0 Å². The Morgan fingerprint density at radius 3 is 2.00 bits per heavy atom. The predicted octanol–water partition coefficient (Wildman–Crippen LogP) is -3.71. The van der Waals surface area contributed by atoms with Crippen LogP contribution in [0.4, 0.5) is 0 Å². The molecule has 0 aromatic heterocycles. The number of hydrogen-bond donors (Lipinski definition) is 1. The first kappa shape index (κ1) is 11.5. The molecular weight excluding hydrogens is 161 g/mol. The van der Waals surface area contributed by atoms with Gasteiger partial charge in [-0.05, 0) is 25.9 Å². The molecule has 1 aliphatic rings. The second-order valence-electron chi connectivity index (χ2n) is 2.44. The fourth-order valence-corrected chi connectivity index (χ4v) is 1.90. The van der Waals surface area contributed by atoms with Crippen molar-refractivity contribution in [3.05, 3.63) is 0 Å². The molecular formula is C5H10LiNO3S. The minimum absolute atomic E-state index is 0. The van der Waals surface area contributed by atoms with E-state index in [1.54, 1.807) is 0 Å². The van der Waals surface area contributed by atoms with Crippen molar-refractivity contribution in [2.45, 2.75) is 18.1 Å². The van der Waals surface area contributed by atoms with Gasteiger partial charge < -0.3 is 9.87 Å². The molecule has 1 aliphatic heterocycles. The first-order valence-corrected chi connectivity index (χ1v) is 4.73. The average Bonchev–Trinajstić information content (AvgIpc) is 1.88. The van der Waals surface area contributed by atoms with Crippen LogP contribution in [0.2, 0.25) is 0 Å². The molecule has 1 heterocycles. The normalized spacial score (nSPS) is 20.8. The molecule has 0 bridgehead atoms. The molecule has 6 heteroatoms. The van der Waals surface area contributed by atoms with Crippen LogP contribution >= 0.6 is 0 Å². The summed E-state index contributed by atoms with van der Waals surface area (Å²) in [5.74, 6) is 0. The van der Waals surface area contributed by atoms with E-state index >= 15 is 0 Å². The van der Waals surface area contributed by atoms with Crippen molar-refractivity contribution in [2.24, 2.45) is 0 Å². The smallest absolute Gasteiger partial charge is 0.748 e. The van der Waals surface area contributed by atoms with Gasteiger partial charge in [-0.3, -0.25) is 0 Å². The summed E-state index contributed by atoms with van der Waals surface area (Å²) in [6, 6.07) is 0. The van der Waals surface area contributed by atoms with E-state index in [0.29, 0.717) is 25.9 Å². The molecule has 1 fully saturated rings. The van der Waals surface area contributed by atoms with Crippen LogP contribution in [-0.2, 0) is 10.1 Å². The summed E-state index contributed by atoms with van der Waals surface area (Å²) in [5, 5.41) is 2.34. The van der Waals surface area contributed by atoms with Crippen LogP contribution in [0.5, 0.6) is 0 Å². The van der Waals surface area contributed by atoms with Gasteiger partial charge in [0.2, 0.25) is 0 Å². The van der Waals surface area contributed by atoms with Crippen LogP contribution in [0.15, 0.2) is 0 Å². The molecule has 1 rings (SSSR count). The Bertz CT molecular complexity index is 198. The van der Waals surface area contributed by atoms with Crippen molar-refractivity contribution >= 4 is 10.1 Å². The molecule has 1 N–H and O–H groups in total. The number of nitrogens with one attached hydrogen (secondary N) is 1. The van der Waals surface area contributed by atoms with Crippen LogP contribution < -0.4 is 24.2 Å². The maximum atomic E-state index is 10.4. The third-order valence-electron chi connectivity index (χ3n) is 1.69. The number of hydrogen-bond acceptors (Lipinski definition) is 4. The van der Waals surface area contributed by atoms with E-state index in [1.165, 1.54) is 0 Å². The summed E-state index contributed by atoms with van der Waals surface area (Å²) >= 11 is 0. The van der Waals surface area contributed by atoms with Crippen molar-refractivity contribution in [3.63, 3.8) is 0 Å². The van der Waals surface area contributed by atoms with Gasteiger partial charge in [-0.2, -0.15) is 0 Å². The molecule has 0 spiro atoms. The third kappa shape index (κ3) is 3.59. The van der Waals surface area contributed by atoms with Gasteiger partial charge in [-0.15, -0.1) is 0 Å². The third-order valence-corrected chi connectivity index (χ3v) is 2.98. The predicted molar refractivity (Wildman–Crippen MR) is 35.6 cm³/mol. The van der Waals surface area contributed by atoms with E-state index in [1.807, 2.05) is 0 Å².